The van der Waals surface area contributed by atoms with Gasteiger partial charge in [-0.05, 0) is 56.0 Å². The quantitative estimate of drug-likeness (QED) is 0.646. The minimum absolute atomic E-state index is 0.160. The van der Waals surface area contributed by atoms with E-state index in [0.29, 0.717) is 35.6 Å². The van der Waals surface area contributed by atoms with Crippen LogP contribution < -0.4 is 0 Å². The first-order valence-electron chi connectivity index (χ1n) is 12.0. The lowest BCUT2D eigenvalue weighted by molar-refractivity contribution is -0.153. The van der Waals surface area contributed by atoms with E-state index in [1.54, 1.807) is 6.07 Å². The maximum Gasteiger partial charge on any atom is 0.227 e. The minimum Gasteiger partial charge on any atom is -0.381 e. The second-order valence-corrected chi connectivity index (χ2v) is 10.5. The molecular formula is C24H33Cl2N3O3. The largest absolute Gasteiger partial charge is 0.381 e. The van der Waals surface area contributed by atoms with Crippen molar-refractivity contribution in [3.63, 3.8) is 0 Å². The molecule has 4 saturated heterocycles. The van der Waals surface area contributed by atoms with Crippen molar-refractivity contribution < 1.29 is 14.3 Å². The Bertz CT molecular complexity index is 814. The summed E-state index contributed by atoms with van der Waals surface area (Å²) in [6.07, 6.45) is 3.94. The van der Waals surface area contributed by atoms with E-state index in [-0.39, 0.29) is 24.0 Å². The number of amides is 1. The lowest BCUT2D eigenvalue weighted by Gasteiger charge is -2.54. The third kappa shape index (κ3) is 4.82. The number of piperazine rings is 1. The molecule has 4 aliphatic heterocycles. The lowest BCUT2D eigenvalue weighted by Crippen LogP contribution is -2.71. The molecule has 1 amide bonds. The second kappa shape index (κ2) is 10.2. The summed E-state index contributed by atoms with van der Waals surface area (Å²) in [5.74, 6) is 0.759. The number of carbonyl (C=O) groups is 1. The maximum atomic E-state index is 13.6. The number of fused-ring (bicyclic) bond motifs is 1. The summed E-state index contributed by atoms with van der Waals surface area (Å²) >= 11 is 12.3. The van der Waals surface area contributed by atoms with Gasteiger partial charge < -0.3 is 14.4 Å². The van der Waals surface area contributed by atoms with Gasteiger partial charge in [-0.15, -0.1) is 0 Å². The second-order valence-electron chi connectivity index (χ2n) is 9.64. The third-order valence-electron chi connectivity index (χ3n) is 7.61. The number of likely N-dealkylation sites (tertiary alicyclic amines) is 1. The van der Waals surface area contributed by atoms with Gasteiger partial charge >= 0.3 is 0 Å². The Morgan fingerprint density at radius 2 is 1.78 bits per heavy atom. The molecule has 1 aromatic carbocycles. The van der Waals surface area contributed by atoms with E-state index in [1.165, 1.54) is 12.8 Å². The highest BCUT2D eigenvalue weighted by molar-refractivity contribution is 6.42. The molecule has 6 nitrogen and oxygen atoms in total. The molecule has 4 heterocycles. The van der Waals surface area contributed by atoms with Crippen LogP contribution in [-0.2, 0) is 20.7 Å². The molecular weight excluding hydrogens is 449 g/mol. The van der Waals surface area contributed by atoms with E-state index < -0.39 is 0 Å². The smallest absolute Gasteiger partial charge is 0.227 e. The summed E-state index contributed by atoms with van der Waals surface area (Å²) in [6.45, 7) is 8.01. The number of nitrogens with zero attached hydrogens (tertiary/aromatic N) is 3. The molecule has 0 spiro atoms. The molecule has 8 heteroatoms. The topological polar surface area (TPSA) is 45.3 Å². The van der Waals surface area contributed by atoms with Crippen molar-refractivity contribution in [1.82, 2.24) is 14.7 Å². The first-order valence-corrected chi connectivity index (χ1v) is 12.7. The van der Waals surface area contributed by atoms with E-state index in [9.17, 15) is 4.79 Å². The summed E-state index contributed by atoms with van der Waals surface area (Å²) < 4.78 is 11.8. The predicted molar refractivity (Wildman–Crippen MR) is 125 cm³/mol. The average molecular weight is 482 g/mol. The van der Waals surface area contributed by atoms with Gasteiger partial charge in [0.1, 0.15) is 0 Å². The standard InChI is InChI=1S/C24H33Cl2N3O3/c25-19-4-3-17(11-20(19)26)12-23(30)29-9-8-28(13-18-5-10-31-14-18)22-16-32-15-21(24(22)29)27-6-1-2-7-27/h3-4,11,18,21-22,24H,1-2,5-10,12-16H2/t18?,21?,22?,24-/m1/s1. The summed E-state index contributed by atoms with van der Waals surface area (Å²) in [6, 6.07) is 6.16. The molecule has 5 rings (SSSR count). The summed E-state index contributed by atoms with van der Waals surface area (Å²) in [5, 5.41) is 1.02. The number of carbonyl (C=O) groups excluding carboxylic acids is 1. The Kier molecular flexibility index (Phi) is 7.27. The van der Waals surface area contributed by atoms with E-state index in [2.05, 4.69) is 14.7 Å². The fourth-order valence-electron chi connectivity index (χ4n) is 5.95. The van der Waals surface area contributed by atoms with Crippen LogP contribution in [0.1, 0.15) is 24.8 Å². The molecule has 0 bridgehead atoms. The van der Waals surface area contributed by atoms with Crippen LogP contribution in [-0.4, -0.2) is 97.9 Å². The van der Waals surface area contributed by atoms with Gasteiger partial charge in [0.05, 0.1) is 54.4 Å². The molecule has 3 unspecified atom stereocenters. The molecule has 176 valence electrons. The molecule has 0 saturated carbocycles. The van der Waals surface area contributed by atoms with Crippen molar-refractivity contribution in [3.05, 3.63) is 33.8 Å². The fraction of sp³-hybridized carbons (Fsp3) is 0.708. The van der Waals surface area contributed by atoms with Crippen molar-refractivity contribution in [3.8, 4) is 0 Å². The molecule has 0 aromatic heterocycles. The van der Waals surface area contributed by atoms with Crippen molar-refractivity contribution >= 4 is 29.1 Å². The SMILES string of the molecule is O=C(Cc1ccc(Cl)c(Cl)c1)N1CCN(CC2CCOC2)C2COCC(N3CCCC3)[C@H]21. The number of ether oxygens (including phenoxy) is 2. The Morgan fingerprint density at radius 1 is 0.969 bits per heavy atom. The van der Waals surface area contributed by atoms with Gasteiger partial charge in [-0.25, -0.2) is 0 Å². The van der Waals surface area contributed by atoms with Gasteiger partial charge in [0.2, 0.25) is 5.91 Å². The highest BCUT2D eigenvalue weighted by atomic mass is 35.5. The summed E-state index contributed by atoms with van der Waals surface area (Å²) in [7, 11) is 0. The zero-order chi connectivity index (χ0) is 22.1. The molecule has 0 N–H and O–H groups in total. The van der Waals surface area contributed by atoms with E-state index >= 15 is 0 Å². The Balaban J connectivity index is 1.36. The Morgan fingerprint density at radius 3 is 2.53 bits per heavy atom. The minimum atomic E-state index is 0.160. The van der Waals surface area contributed by atoms with Gasteiger partial charge in [-0.2, -0.15) is 0 Å². The highest BCUT2D eigenvalue weighted by Gasteiger charge is 2.48. The zero-order valence-electron chi connectivity index (χ0n) is 18.6. The first-order chi connectivity index (χ1) is 15.6. The number of hydrogen-bond acceptors (Lipinski definition) is 5. The van der Waals surface area contributed by atoms with Gasteiger partial charge in [0, 0.05) is 26.2 Å². The van der Waals surface area contributed by atoms with Gasteiger partial charge in [-0.1, -0.05) is 29.3 Å². The normalized spacial score (nSPS) is 31.8. The van der Waals surface area contributed by atoms with Crippen molar-refractivity contribution in [2.45, 2.75) is 43.8 Å². The van der Waals surface area contributed by atoms with Crippen LogP contribution in [0.3, 0.4) is 0 Å². The van der Waals surface area contributed by atoms with E-state index in [1.807, 2.05) is 12.1 Å². The number of benzene rings is 1. The predicted octanol–water partition coefficient (Wildman–Crippen LogP) is 2.95. The highest BCUT2D eigenvalue weighted by Crippen LogP contribution is 2.31. The number of rotatable bonds is 5. The van der Waals surface area contributed by atoms with Crippen LogP contribution >= 0.6 is 23.2 Å². The Hall–Kier alpha value is -0.890. The lowest BCUT2D eigenvalue weighted by atomic mass is 9.90. The Labute approximate surface area is 200 Å². The third-order valence-corrected chi connectivity index (χ3v) is 8.35. The van der Waals surface area contributed by atoms with E-state index in [4.69, 9.17) is 32.7 Å². The number of halogens is 2. The summed E-state index contributed by atoms with van der Waals surface area (Å²) in [5.41, 5.74) is 0.913. The monoisotopic (exact) mass is 481 g/mol. The molecule has 0 radical (unpaired) electrons. The van der Waals surface area contributed by atoms with Crippen molar-refractivity contribution in [1.29, 1.82) is 0 Å². The molecule has 4 aliphatic rings. The first kappa shape index (κ1) is 22.9. The zero-order valence-corrected chi connectivity index (χ0v) is 20.1. The molecule has 1 aromatic rings. The fourth-order valence-corrected chi connectivity index (χ4v) is 6.27. The van der Waals surface area contributed by atoms with Crippen LogP contribution in [0.25, 0.3) is 0 Å². The van der Waals surface area contributed by atoms with Crippen LogP contribution in [0, 0.1) is 5.92 Å². The maximum absolute atomic E-state index is 13.6. The van der Waals surface area contributed by atoms with Gasteiger partial charge in [0.25, 0.3) is 0 Å². The van der Waals surface area contributed by atoms with Crippen molar-refractivity contribution in [2.75, 3.05) is 59.2 Å². The molecule has 4 atom stereocenters. The van der Waals surface area contributed by atoms with Crippen molar-refractivity contribution in [2.24, 2.45) is 5.92 Å². The van der Waals surface area contributed by atoms with Gasteiger partial charge in [-0.3, -0.25) is 14.6 Å². The number of hydrogen-bond donors (Lipinski definition) is 0. The van der Waals surface area contributed by atoms with Gasteiger partial charge in [0.15, 0.2) is 0 Å². The summed E-state index contributed by atoms with van der Waals surface area (Å²) in [4.78, 5) is 20.9. The van der Waals surface area contributed by atoms with Crippen LogP contribution in [0.4, 0.5) is 0 Å². The molecule has 4 fully saturated rings. The van der Waals surface area contributed by atoms with Crippen LogP contribution in [0.5, 0.6) is 0 Å². The van der Waals surface area contributed by atoms with Crippen LogP contribution in [0.15, 0.2) is 18.2 Å². The van der Waals surface area contributed by atoms with E-state index in [0.717, 1.165) is 57.9 Å². The van der Waals surface area contributed by atoms with Crippen LogP contribution in [0.2, 0.25) is 10.0 Å². The average Bonchev–Trinajstić information content (AvgIpc) is 3.50. The molecule has 32 heavy (non-hydrogen) atoms. The molecule has 0 aliphatic carbocycles.